The molecule has 0 amide bonds. The molecule has 21 heavy (non-hydrogen) atoms. The summed E-state index contributed by atoms with van der Waals surface area (Å²) in [5, 5.41) is 4.79. The average molecular weight is 281 g/mol. The van der Waals surface area contributed by atoms with Crippen LogP contribution in [0.3, 0.4) is 0 Å². The number of hydrogen-bond acceptors (Lipinski definition) is 2. The maximum absolute atomic E-state index is 5.83. The smallest absolute Gasteiger partial charge is 0.0662 e. The van der Waals surface area contributed by atoms with Gasteiger partial charge in [-0.3, -0.25) is 0 Å². The van der Waals surface area contributed by atoms with E-state index in [2.05, 4.69) is 59.7 Å². The predicted octanol–water partition coefficient (Wildman–Crippen LogP) is 3.51. The molecule has 0 aliphatic carbocycles. The molecule has 1 aliphatic heterocycles. The van der Waals surface area contributed by atoms with Crippen LogP contribution in [0.4, 0.5) is 0 Å². The minimum atomic E-state index is 0.495. The van der Waals surface area contributed by atoms with Gasteiger partial charge in [0.15, 0.2) is 0 Å². The summed E-state index contributed by atoms with van der Waals surface area (Å²) < 4.78 is 0. The van der Waals surface area contributed by atoms with Crippen LogP contribution < -0.4 is 11.1 Å². The van der Waals surface area contributed by atoms with Crippen LogP contribution in [0.25, 0.3) is 16.6 Å². The van der Waals surface area contributed by atoms with Crippen molar-refractivity contribution in [1.82, 2.24) is 10.3 Å². The van der Waals surface area contributed by atoms with E-state index in [-0.39, 0.29) is 0 Å². The third-order valence-corrected chi connectivity index (χ3v) is 4.24. The summed E-state index contributed by atoms with van der Waals surface area (Å²) >= 11 is 0. The van der Waals surface area contributed by atoms with E-state index in [1.807, 2.05) is 0 Å². The van der Waals surface area contributed by atoms with Crippen LogP contribution in [0, 0.1) is 0 Å². The second-order valence-corrected chi connectivity index (χ2v) is 5.53. The molecule has 1 unspecified atom stereocenters. The molecule has 2 heterocycles. The van der Waals surface area contributed by atoms with Gasteiger partial charge in [-0.25, -0.2) is 0 Å². The lowest BCUT2D eigenvalue weighted by Crippen LogP contribution is -2.17. The minimum Gasteiger partial charge on any atom is -0.380 e. The highest BCUT2D eigenvalue weighted by atomic mass is 14.9. The van der Waals surface area contributed by atoms with Crippen molar-refractivity contribution in [2.75, 3.05) is 13.1 Å². The van der Waals surface area contributed by atoms with Crippen LogP contribution in [0.15, 0.2) is 42.5 Å². The van der Waals surface area contributed by atoms with Crippen molar-refractivity contribution in [1.29, 1.82) is 0 Å². The molecule has 2 aromatic rings. The fourth-order valence-electron chi connectivity index (χ4n) is 3.19. The number of aromatic nitrogens is 1. The van der Waals surface area contributed by atoms with E-state index in [9.17, 15) is 0 Å². The molecule has 4 N–H and O–H groups in total. The maximum atomic E-state index is 5.83. The lowest BCUT2D eigenvalue weighted by molar-refractivity contribution is 0.616. The van der Waals surface area contributed by atoms with Gasteiger partial charge < -0.3 is 16.0 Å². The second kappa shape index (κ2) is 6.19. The molecular formula is C18H23N3. The molecule has 3 nitrogen and oxygen atoms in total. The zero-order valence-electron chi connectivity index (χ0n) is 12.5. The Kier molecular flexibility index (Phi) is 4.11. The molecule has 1 aromatic heterocycles. The SMILES string of the molecule is CCC(CCN)c1c(C2=CC=CCN2)[nH]c2ccccc12. The largest absolute Gasteiger partial charge is 0.380 e. The lowest BCUT2D eigenvalue weighted by Gasteiger charge is -2.19. The molecule has 0 radical (unpaired) electrons. The molecule has 3 rings (SSSR count). The third-order valence-electron chi connectivity index (χ3n) is 4.24. The maximum Gasteiger partial charge on any atom is 0.0662 e. The van der Waals surface area contributed by atoms with E-state index in [1.54, 1.807) is 0 Å². The Bertz CT molecular complexity index is 679. The highest BCUT2D eigenvalue weighted by Gasteiger charge is 2.21. The molecule has 1 aromatic carbocycles. The first-order chi connectivity index (χ1) is 10.3. The second-order valence-electron chi connectivity index (χ2n) is 5.53. The fraction of sp³-hybridized carbons (Fsp3) is 0.333. The van der Waals surface area contributed by atoms with Gasteiger partial charge in [0.05, 0.1) is 11.4 Å². The Morgan fingerprint density at radius 2 is 2.14 bits per heavy atom. The molecule has 0 fully saturated rings. The van der Waals surface area contributed by atoms with Crippen molar-refractivity contribution in [3.8, 4) is 0 Å². The summed E-state index contributed by atoms with van der Waals surface area (Å²) in [6.07, 6.45) is 8.52. The number of rotatable bonds is 5. The molecule has 1 aliphatic rings. The first kappa shape index (κ1) is 14.0. The molecule has 0 saturated heterocycles. The van der Waals surface area contributed by atoms with Crippen molar-refractivity contribution < 1.29 is 0 Å². The normalized spacial score (nSPS) is 15.8. The lowest BCUT2D eigenvalue weighted by atomic mass is 9.89. The van der Waals surface area contributed by atoms with Gasteiger partial charge in [-0.1, -0.05) is 37.3 Å². The van der Waals surface area contributed by atoms with E-state index in [4.69, 9.17) is 5.73 Å². The van der Waals surface area contributed by atoms with Crippen molar-refractivity contribution in [3.63, 3.8) is 0 Å². The zero-order chi connectivity index (χ0) is 14.7. The van der Waals surface area contributed by atoms with Crippen molar-refractivity contribution in [2.24, 2.45) is 5.73 Å². The number of hydrogen-bond donors (Lipinski definition) is 3. The van der Waals surface area contributed by atoms with Gasteiger partial charge in [0.1, 0.15) is 0 Å². The first-order valence-electron chi connectivity index (χ1n) is 7.77. The quantitative estimate of drug-likeness (QED) is 0.785. The summed E-state index contributed by atoms with van der Waals surface area (Å²) in [5.41, 5.74) is 10.8. The minimum absolute atomic E-state index is 0.495. The predicted molar refractivity (Wildman–Crippen MR) is 90.1 cm³/mol. The molecule has 0 spiro atoms. The van der Waals surface area contributed by atoms with E-state index in [1.165, 1.54) is 27.9 Å². The topological polar surface area (TPSA) is 53.8 Å². The Labute approximate surface area is 125 Å². The highest BCUT2D eigenvalue weighted by molar-refractivity contribution is 5.90. The molecule has 3 heteroatoms. The third kappa shape index (κ3) is 2.61. The van der Waals surface area contributed by atoms with Gasteiger partial charge in [-0.05, 0) is 43.0 Å². The average Bonchev–Trinajstić information content (AvgIpc) is 2.93. The van der Waals surface area contributed by atoms with Crippen LogP contribution >= 0.6 is 0 Å². The number of allylic oxidation sites excluding steroid dienone is 2. The number of aromatic amines is 1. The van der Waals surface area contributed by atoms with Crippen LogP contribution in [0.5, 0.6) is 0 Å². The van der Waals surface area contributed by atoms with Crippen LogP contribution in [0.1, 0.15) is 36.9 Å². The molecule has 1 atom stereocenters. The van der Waals surface area contributed by atoms with Crippen molar-refractivity contribution >= 4 is 16.6 Å². The number of H-pyrrole nitrogens is 1. The van der Waals surface area contributed by atoms with Crippen LogP contribution in [-0.4, -0.2) is 18.1 Å². The highest BCUT2D eigenvalue weighted by Crippen LogP contribution is 2.36. The van der Waals surface area contributed by atoms with Gasteiger partial charge in [0, 0.05) is 17.4 Å². The number of para-hydroxylation sites is 1. The monoisotopic (exact) mass is 281 g/mol. The van der Waals surface area contributed by atoms with Crippen LogP contribution in [0.2, 0.25) is 0 Å². The first-order valence-corrected chi connectivity index (χ1v) is 7.77. The molecule has 110 valence electrons. The van der Waals surface area contributed by atoms with Crippen molar-refractivity contribution in [3.05, 3.63) is 53.8 Å². The summed E-state index contributed by atoms with van der Waals surface area (Å²) in [6.45, 7) is 3.85. The van der Waals surface area contributed by atoms with Gasteiger partial charge in [0.25, 0.3) is 0 Å². The van der Waals surface area contributed by atoms with Crippen molar-refractivity contribution in [2.45, 2.75) is 25.7 Å². The van der Waals surface area contributed by atoms with E-state index in [0.29, 0.717) is 5.92 Å². The summed E-state index contributed by atoms with van der Waals surface area (Å²) in [6, 6.07) is 8.56. The summed E-state index contributed by atoms with van der Waals surface area (Å²) in [4.78, 5) is 3.60. The number of dihydropyridines is 1. The Morgan fingerprint density at radius 3 is 2.86 bits per heavy atom. The standard InChI is InChI=1S/C18H23N3/c1-2-13(10-11-19)17-14-7-3-4-8-15(14)21-18(17)16-9-5-6-12-20-16/h3-9,13,20-21H,2,10-12,19H2,1H3. The molecule has 0 bridgehead atoms. The Hall–Kier alpha value is -2.00. The molecule has 0 saturated carbocycles. The van der Waals surface area contributed by atoms with E-state index >= 15 is 0 Å². The number of fused-ring (bicyclic) bond motifs is 1. The number of nitrogens with two attached hydrogens (primary N) is 1. The van der Waals surface area contributed by atoms with Gasteiger partial charge in [0.2, 0.25) is 0 Å². The van der Waals surface area contributed by atoms with Gasteiger partial charge in [-0.2, -0.15) is 0 Å². The number of nitrogens with one attached hydrogen (secondary N) is 2. The van der Waals surface area contributed by atoms with Crippen LogP contribution in [-0.2, 0) is 0 Å². The van der Waals surface area contributed by atoms with Gasteiger partial charge in [-0.15, -0.1) is 0 Å². The van der Waals surface area contributed by atoms with E-state index in [0.717, 1.165) is 25.9 Å². The zero-order valence-corrected chi connectivity index (χ0v) is 12.5. The summed E-state index contributed by atoms with van der Waals surface area (Å²) in [7, 11) is 0. The Balaban J connectivity index is 2.18. The van der Waals surface area contributed by atoms with E-state index < -0.39 is 0 Å². The fourth-order valence-corrected chi connectivity index (χ4v) is 3.19. The molecular weight excluding hydrogens is 258 g/mol. The Morgan fingerprint density at radius 1 is 1.29 bits per heavy atom. The van der Waals surface area contributed by atoms with Gasteiger partial charge >= 0.3 is 0 Å². The number of benzene rings is 1. The summed E-state index contributed by atoms with van der Waals surface area (Å²) in [5.74, 6) is 0.495.